The summed E-state index contributed by atoms with van der Waals surface area (Å²) in [5.41, 5.74) is 1.74. The van der Waals surface area contributed by atoms with Crippen LogP contribution in [0, 0.1) is 5.92 Å². The zero-order valence-corrected chi connectivity index (χ0v) is 19.9. The highest BCUT2D eigenvalue weighted by molar-refractivity contribution is 7.98. The first kappa shape index (κ1) is 23.1. The first-order valence-corrected chi connectivity index (χ1v) is 11.9. The van der Waals surface area contributed by atoms with Crippen molar-refractivity contribution in [3.63, 3.8) is 0 Å². The number of benzene rings is 2. The van der Waals surface area contributed by atoms with Gasteiger partial charge >= 0.3 is 0 Å². The van der Waals surface area contributed by atoms with E-state index in [0.717, 1.165) is 11.3 Å². The van der Waals surface area contributed by atoms with Crippen molar-refractivity contribution in [1.29, 1.82) is 0 Å². The van der Waals surface area contributed by atoms with Crippen molar-refractivity contribution in [1.82, 2.24) is 14.8 Å². The van der Waals surface area contributed by atoms with Gasteiger partial charge in [0.05, 0.1) is 13.0 Å². The number of hydrogen-bond donors (Lipinski definition) is 1. The summed E-state index contributed by atoms with van der Waals surface area (Å²) in [6.45, 7) is 2.86. The molecule has 172 valence electrons. The van der Waals surface area contributed by atoms with Crippen LogP contribution in [0.4, 0.5) is 11.6 Å². The molecule has 0 spiro atoms. The molecule has 2 aromatic carbocycles. The molecule has 0 radical (unpaired) electrons. The van der Waals surface area contributed by atoms with Gasteiger partial charge in [0.2, 0.25) is 17.8 Å². The van der Waals surface area contributed by atoms with Crippen molar-refractivity contribution in [3.8, 4) is 5.75 Å². The minimum atomic E-state index is -0.471. The molecule has 2 amide bonds. The van der Waals surface area contributed by atoms with Crippen molar-refractivity contribution in [2.75, 3.05) is 23.9 Å². The average Bonchev–Trinajstić information content (AvgIpc) is 3.41. The zero-order valence-electron chi connectivity index (χ0n) is 18.3. The molecule has 1 fully saturated rings. The number of carbonyl (C=O) groups is 2. The fourth-order valence-corrected chi connectivity index (χ4v) is 4.93. The van der Waals surface area contributed by atoms with Crippen LogP contribution in [0.15, 0.2) is 53.7 Å². The quantitative estimate of drug-likeness (QED) is 0.480. The van der Waals surface area contributed by atoms with Gasteiger partial charge in [-0.15, -0.1) is 10.2 Å². The van der Waals surface area contributed by atoms with Gasteiger partial charge < -0.3 is 9.64 Å². The molecule has 1 atom stereocenters. The fraction of sp³-hybridized carbons (Fsp3) is 0.304. The number of methoxy groups -OCH3 is 1. The van der Waals surface area contributed by atoms with Crippen LogP contribution < -0.4 is 15.0 Å². The minimum absolute atomic E-state index is 0.0896. The van der Waals surface area contributed by atoms with Crippen LogP contribution in [-0.4, -0.2) is 40.2 Å². The third-order valence-electron chi connectivity index (χ3n) is 5.46. The maximum absolute atomic E-state index is 12.9. The van der Waals surface area contributed by atoms with Gasteiger partial charge in [0.15, 0.2) is 5.16 Å². The SMILES string of the molecule is CCn1c(NC(=O)C2CC(=O)N(c3ccc(OC)cc3)C2)nnc1SCc1ccccc1Cl. The van der Waals surface area contributed by atoms with E-state index >= 15 is 0 Å². The lowest BCUT2D eigenvalue weighted by atomic mass is 10.1. The predicted molar refractivity (Wildman–Crippen MR) is 129 cm³/mol. The summed E-state index contributed by atoms with van der Waals surface area (Å²) in [5, 5.41) is 12.6. The molecule has 4 rings (SSSR count). The summed E-state index contributed by atoms with van der Waals surface area (Å²) in [7, 11) is 1.59. The lowest BCUT2D eigenvalue weighted by Crippen LogP contribution is -2.28. The van der Waals surface area contributed by atoms with Crippen molar-refractivity contribution >= 4 is 46.8 Å². The van der Waals surface area contributed by atoms with Gasteiger partial charge in [-0.1, -0.05) is 41.6 Å². The summed E-state index contributed by atoms with van der Waals surface area (Å²) >= 11 is 7.74. The summed E-state index contributed by atoms with van der Waals surface area (Å²) in [6.07, 6.45) is 0.145. The monoisotopic (exact) mass is 485 g/mol. The number of thioether (sulfide) groups is 1. The van der Waals surface area contributed by atoms with E-state index in [9.17, 15) is 9.59 Å². The molecule has 1 aromatic heterocycles. The van der Waals surface area contributed by atoms with Gasteiger partial charge in [-0.05, 0) is 42.8 Å². The number of nitrogens with zero attached hydrogens (tertiary/aromatic N) is 4. The van der Waals surface area contributed by atoms with Crippen LogP contribution in [0.1, 0.15) is 18.9 Å². The number of hydrogen-bond acceptors (Lipinski definition) is 6. The third kappa shape index (κ3) is 5.15. The lowest BCUT2D eigenvalue weighted by Gasteiger charge is -2.17. The number of carbonyl (C=O) groups excluding carboxylic acids is 2. The Hall–Kier alpha value is -3.04. The Bertz CT molecular complexity index is 1150. The van der Waals surface area contributed by atoms with Crippen molar-refractivity contribution < 1.29 is 14.3 Å². The van der Waals surface area contributed by atoms with E-state index < -0.39 is 5.92 Å². The van der Waals surface area contributed by atoms with Gasteiger partial charge in [-0.25, -0.2) is 0 Å². The normalized spacial score (nSPS) is 15.7. The highest BCUT2D eigenvalue weighted by Crippen LogP contribution is 2.29. The Balaban J connectivity index is 1.41. The Kier molecular flexibility index (Phi) is 7.20. The van der Waals surface area contributed by atoms with Gasteiger partial charge in [0.1, 0.15) is 5.75 Å². The van der Waals surface area contributed by atoms with Crippen molar-refractivity contribution in [2.45, 2.75) is 30.8 Å². The molecule has 10 heteroatoms. The molecule has 1 aliphatic heterocycles. The van der Waals surface area contributed by atoms with Crippen LogP contribution in [0.5, 0.6) is 5.75 Å². The molecule has 1 N–H and O–H groups in total. The number of rotatable bonds is 8. The van der Waals surface area contributed by atoms with E-state index in [1.54, 1.807) is 24.1 Å². The van der Waals surface area contributed by atoms with E-state index in [1.165, 1.54) is 11.8 Å². The van der Waals surface area contributed by atoms with Gasteiger partial charge in [-0.2, -0.15) is 0 Å². The largest absolute Gasteiger partial charge is 0.497 e. The second-order valence-electron chi connectivity index (χ2n) is 7.52. The Morgan fingerprint density at radius 3 is 2.67 bits per heavy atom. The van der Waals surface area contributed by atoms with E-state index in [-0.39, 0.29) is 18.2 Å². The number of aromatic nitrogens is 3. The number of nitrogens with one attached hydrogen (secondary N) is 1. The molecule has 2 heterocycles. The topological polar surface area (TPSA) is 89.4 Å². The van der Waals surface area contributed by atoms with Gasteiger partial charge in [0.25, 0.3) is 0 Å². The lowest BCUT2D eigenvalue weighted by molar-refractivity contribution is -0.122. The molecule has 1 aliphatic rings. The Morgan fingerprint density at radius 2 is 1.97 bits per heavy atom. The van der Waals surface area contributed by atoms with Crippen LogP contribution in [0.25, 0.3) is 0 Å². The van der Waals surface area contributed by atoms with E-state index in [0.29, 0.717) is 40.7 Å². The standard InChI is InChI=1S/C23H24ClN5O3S/c1-3-28-22(26-27-23(28)33-14-15-6-4-5-7-19(15)24)25-21(31)16-12-20(30)29(13-16)17-8-10-18(32-2)11-9-17/h4-11,16H,3,12-14H2,1-2H3,(H,25,26,31). The van der Waals surface area contributed by atoms with Crippen molar-refractivity contribution in [2.24, 2.45) is 5.92 Å². The van der Waals surface area contributed by atoms with E-state index in [1.807, 2.05) is 47.9 Å². The van der Waals surface area contributed by atoms with E-state index in [4.69, 9.17) is 16.3 Å². The van der Waals surface area contributed by atoms with Crippen molar-refractivity contribution in [3.05, 3.63) is 59.1 Å². The zero-order chi connectivity index (χ0) is 23.4. The maximum Gasteiger partial charge on any atom is 0.232 e. The Labute approximate surface area is 201 Å². The van der Waals surface area contributed by atoms with Crippen LogP contribution in [0.3, 0.4) is 0 Å². The molecular formula is C23H24ClN5O3S. The molecule has 33 heavy (non-hydrogen) atoms. The summed E-state index contributed by atoms with van der Waals surface area (Å²) in [5.74, 6) is 0.916. The smallest absolute Gasteiger partial charge is 0.232 e. The molecule has 8 nitrogen and oxygen atoms in total. The molecule has 1 saturated heterocycles. The number of halogens is 1. The van der Waals surface area contributed by atoms with Crippen LogP contribution in [-0.2, 0) is 21.9 Å². The minimum Gasteiger partial charge on any atom is -0.497 e. The van der Waals surface area contributed by atoms with Crippen LogP contribution >= 0.6 is 23.4 Å². The molecule has 3 aromatic rings. The number of amides is 2. The molecular weight excluding hydrogens is 462 g/mol. The first-order chi connectivity index (χ1) is 16.0. The summed E-state index contributed by atoms with van der Waals surface area (Å²) in [6, 6.07) is 14.9. The summed E-state index contributed by atoms with van der Waals surface area (Å²) in [4.78, 5) is 27.1. The van der Waals surface area contributed by atoms with Crippen LogP contribution in [0.2, 0.25) is 5.02 Å². The first-order valence-electron chi connectivity index (χ1n) is 10.5. The summed E-state index contributed by atoms with van der Waals surface area (Å²) < 4.78 is 7.01. The fourth-order valence-electron chi connectivity index (χ4n) is 3.64. The molecule has 0 aliphatic carbocycles. The predicted octanol–water partition coefficient (Wildman–Crippen LogP) is 4.24. The number of ether oxygens (including phenoxy) is 1. The highest BCUT2D eigenvalue weighted by Gasteiger charge is 2.35. The molecule has 0 saturated carbocycles. The molecule has 1 unspecified atom stereocenters. The molecule has 0 bridgehead atoms. The van der Waals surface area contributed by atoms with Gasteiger partial charge in [0, 0.05) is 36.0 Å². The second-order valence-corrected chi connectivity index (χ2v) is 8.87. The second kappa shape index (κ2) is 10.3. The third-order valence-corrected chi connectivity index (χ3v) is 6.85. The maximum atomic E-state index is 12.9. The number of anilines is 2. The van der Waals surface area contributed by atoms with Gasteiger partial charge in [-0.3, -0.25) is 19.5 Å². The van der Waals surface area contributed by atoms with E-state index in [2.05, 4.69) is 15.5 Å². The Morgan fingerprint density at radius 1 is 1.21 bits per heavy atom. The average molecular weight is 486 g/mol. The highest BCUT2D eigenvalue weighted by atomic mass is 35.5.